The minimum absolute atomic E-state index is 0.0663. The molecule has 1 aromatic rings. The first kappa shape index (κ1) is 16.4. The molecule has 0 aliphatic carbocycles. The molecular formula is C16H23N3O3S. The van der Waals surface area contributed by atoms with Gasteiger partial charge in [-0.3, -0.25) is 9.59 Å². The van der Waals surface area contributed by atoms with Crippen molar-refractivity contribution in [1.82, 2.24) is 14.8 Å². The molecule has 2 atom stereocenters. The van der Waals surface area contributed by atoms with Crippen LogP contribution < -0.4 is 0 Å². The molecule has 23 heavy (non-hydrogen) atoms. The van der Waals surface area contributed by atoms with E-state index in [1.54, 1.807) is 16.8 Å². The Labute approximate surface area is 140 Å². The van der Waals surface area contributed by atoms with E-state index in [2.05, 4.69) is 4.98 Å². The van der Waals surface area contributed by atoms with E-state index in [0.29, 0.717) is 39.3 Å². The Morgan fingerprint density at radius 2 is 2.30 bits per heavy atom. The highest BCUT2D eigenvalue weighted by Gasteiger charge is 2.41. The van der Waals surface area contributed by atoms with Gasteiger partial charge in [0.2, 0.25) is 11.8 Å². The van der Waals surface area contributed by atoms with Crippen molar-refractivity contribution in [3.63, 3.8) is 0 Å². The fraction of sp³-hybridized carbons (Fsp3) is 0.688. The first-order valence-corrected chi connectivity index (χ1v) is 9.16. The third-order valence-electron chi connectivity index (χ3n) is 4.63. The lowest BCUT2D eigenvalue weighted by atomic mass is 9.94. The van der Waals surface area contributed by atoms with Crippen LogP contribution in [-0.4, -0.2) is 58.9 Å². The summed E-state index contributed by atoms with van der Waals surface area (Å²) >= 11 is 1.54. The molecule has 4 rings (SSSR count). The number of amides is 2. The van der Waals surface area contributed by atoms with Crippen molar-refractivity contribution in [2.45, 2.75) is 38.8 Å². The van der Waals surface area contributed by atoms with Crippen molar-refractivity contribution in [2.24, 2.45) is 5.92 Å². The van der Waals surface area contributed by atoms with Gasteiger partial charge in [0.05, 0.1) is 36.7 Å². The molecular weight excluding hydrogens is 314 g/mol. The molecule has 0 unspecified atom stereocenters. The van der Waals surface area contributed by atoms with Gasteiger partial charge in [0, 0.05) is 31.1 Å². The van der Waals surface area contributed by atoms with Crippen molar-refractivity contribution in [1.29, 1.82) is 0 Å². The number of thiazole rings is 1. The van der Waals surface area contributed by atoms with Crippen LogP contribution in [0.5, 0.6) is 0 Å². The highest BCUT2D eigenvalue weighted by molar-refractivity contribution is 7.07. The van der Waals surface area contributed by atoms with Gasteiger partial charge in [-0.25, -0.2) is 4.98 Å². The van der Waals surface area contributed by atoms with Crippen molar-refractivity contribution >= 4 is 23.2 Å². The van der Waals surface area contributed by atoms with E-state index in [9.17, 15) is 9.59 Å². The summed E-state index contributed by atoms with van der Waals surface area (Å²) in [4.78, 5) is 33.2. The zero-order chi connectivity index (χ0) is 16.2. The maximum atomic E-state index is 12.7. The highest BCUT2D eigenvalue weighted by Crippen LogP contribution is 2.30. The number of carbonyl (C=O) groups excluding carboxylic acids is 2. The minimum atomic E-state index is -0.0663. The summed E-state index contributed by atoms with van der Waals surface area (Å²) in [6.07, 6.45) is 2.25. The summed E-state index contributed by atoms with van der Waals surface area (Å²) in [5.74, 6) is 0.205. The molecule has 7 heteroatoms. The molecule has 3 fully saturated rings. The van der Waals surface area contributed by atoms with Crippen LogP contribution in [0.2, 0.25) is 0 Å². The van der Waals surface area contributed by atoms with Crippen LogP contribution in [-0.2, 0) is 20.9 Å². The van der Waals surface area contributed by atoms with Crippen molar-refractivity contribution in [3.8, 4) is 0 Å². The van der Waals surface area contributed by atoms with Crippen LogP contribution in [0.25, 0.3) is 0 Å². The number of rotatable bonds is 6. The predicted octanol–water partition coefficient (Wildman–Crippen LogP) is 1.52. The normalized spacial score (nSPS) is 24.1. The summed E-state index contributed by atoms with van der Waals surface area (Å²) in [5.41, 5.74) is 2.73. The standard InChI is InChI=1S/C16H23N3O3S/c1-2-22-6-5-15(20)18-7-12-3-4-14(9-18)19(16(12)21)8-13-10-23-11-17-13/h10-12,14H,2-9H2,1H3/t12-,14+/m0/s1. The molecule has 2 bridgehead atoms. The van der Waals surface area contributed by atoms with Gasteiger partial charge >= 0.3 is 0 Å². The second-order valence-electron chi connectivity index (χ2n) is 6.12. The predicted molar refractivity (Wildman–Crippen MR) is 86.9 cm³/mol. The van der Waals surface area contributed by atoms with Crippen LogP contribution in [0.4, 0.5) is 0 Å². The lowest BCUT2D eigenvalue weighted by Gasteiger charge is -2.35. The van der Waals surface area contributed by atoms with E-state index in [1.165, 1.54) is 0 Å². The summed E-state index contributed by atoms with van der Waals surface area (Å²) in [7, 11) is 0. The largest absolute Gasteiger partial charge is 0.381 e. The number of piperidine rings is 1. The molecule has 3 aliphatic rings. The lowest BCUT2D eigenvalue weighted by molar-refractivity contribution is -0.140. The van der Waals surface area contributed by atoms with E-state index < -0.39 is 0 Å². The van der Waals surface area contributed by atoms with Crippen molar-refractivity contribution in [3.05, 3.63) is 16.6 Å². The number of fused-ring (bicyclic) bond motifs is 4. The zero-order valence-electron chi connectivity index (χ0n) is 13.4. The number of hydrogen-bond donors (Lipinski definition) is 0. The minimum Gasteiger partial charge on any atom is -0.381 e. The van der Waals surface area contributed by atoms with Gasteiger partial charge < -0.3 is 14.5 Å². The molecule has 126 valence electrons. The van der Waals surface area contributed by atoms with E-state index in [4.69, 9.17) is 4.74 Å². The molecule has 0 saturated carbocycles. The SMILES string of the molecule is CCOCCC(=O)N1C[C@@H]2CC[C@H](C1)N(Cc1cscn1)C2=O. The van der Waals surface area contributed by atoms with E-state index in [1.807, 2.05) is 22.1 Å². The average molecular weight is 337 g/mol. The van der Waals surface area contributed by atoms with Gasteiger partial charge in [-0.2, -0.15) is 0 Å². The molecule has 0 spiro atoms. The molecule has 6 nitrogen and oxygen atoms in total. The van der Waals surface area contributed by atoms with Gasteiger partial charge in [0.25, 0.3) is 0 Å². The Bertz CT molecular complexity index is 549. The maximum absolute atomic E-state index is 12.7. The first-order valence-electron chi connectivity index (χ1n) is 8.22. The molecule has 2 amide bonds. The van der Waals surface area contributed by atoms with Gasteiger partial charge in [-0.05, 0) is 19.8 Å². The number of hydrogen-bond acceptors (Lipinski definition) is 5. The monoisotopic (exact) mass is 337 g/mol. The van der Waals surface area contributed by atoms with Crippen LogP contribution in [0.1, 0.15) is 31.9 Å². The second kappa shape index (κ2) is 7.40. The van der Waals surface area contributed by atoms with Crippen molar-refractivity contribution in [2.75, 3.05) is 26.3 Å². The number of carbonyl (C=O) groups is 2. The smallest absolute Gasteiger partial charge is 0.228 e. The Balaban J connectivity index is 1.66. The summed E-state index contributed by atoms with van der Waals surface area (Å²) in [6, 6.07) is 0.110. The maximum Gasteiger partial charge on any atom is 0.228 e. The fourth-order valence-electron chi connectivity index (χ4n) is 3.40. The fourth-order valence-corrected chi connectivity index (χ4v) is 3.95. The molecule has 3 aliphatic heterocycles. The van der Waals surface area contributed by atoms with Gasteiger partial charge in [0.15, 0.2) is 0 Å². The van der Waals surface area contributed by atoms with Crippen LogP contribution >= 0.6 is 11.3 Å². The van der Waals surface area contributed by atoms with E-state index >= 15 is 0 Å². The van der Waals surface area contributed by atoms with E-state index in [-0.39, 0.29) is 23.8 Å². The second-order valence-corrected chi connectivity index (χ2v) is 6.84. The Hall–Kier alpha value is -1.47. The van der Waals surface area contributed by atoms with Crippen LogP contribution in [0.15, 0.2) is 10.9 Å². The first-order chi connectivity index (χ1) is 11.2. The lowest BCUT2D eigenvalue weighted by Crippen LogP contribution is -2.47. The van der Waals surface area contributed by atoms with E-state index in [0.717, 1.165) is 18.5 Å². The Kier molecular flexibility index (Phi) is 5.27. The molecule has 0 radical (unpaired) electrons. The van der Waals surface area contributed by atoms with Gasteiger partial charge in [-0.15, -0.1) is 11.3 Å². The zero-order valence-corrected chi connectivity index (χ0v) is 14.3. The average Bonchev–Trinajstić information content (AvgIpc) is 2.91. The Morgan fingerprint density at radius 3 is 3.04 bits per heavy atom. The third kappa shape index (κ3) is 3.72. The van der Waals surface area contributed by atoms with Crippen molar-refractivity contribution < 1.29 is 14.3 Å². The van der Waals surface area contributed by atoms with Gasteiger partial charge in [0.1, 0.15) is 0 Å². The Morgan fingerprint density at radius 1 is 1.43 bits per heavy atom. The van der Waals surface area contributed by atoms with Crippen LogP contribution in [0, 0.1) is 5.92 Å². The molecule has 1 aromatic heterocycles. The summed E-state index contributed by atoms with van der Waals surface area (Å²) < 4.78 is 5.28. The topological polar surface area (TPSA) is 62.7 Å². The molecule has 0 N–H and O–H groups in total. The number of aromatic nitrogens is 1. The number of ether oxygens (including phenoxy) is 1. The summed E-state index contributed by atoms with van der Waals surface area (Å²) in [5, 5.41) is 1.98. The molecule has 0 aromatic carbocycles. The van der Waals surface area contributed by atoms with Gasteiger partial charge in [-0.1, -0.05) is 0 Å². The third-order valence-corrected chi connectivity index (χ3v) is 5.26. The quantitative estimate of drug-likeness (QED) is 0.739. The number of nitrogens with zero attached hydrogens (tertiary/aromatic N) is 3. The van der Waals surface area contributed by atoms with Crippen LogP contribution in [0.3, 0.4) is 0 Å². The summed E-state index contributed by atoms with van der Waals surface area (Å²) in [6.45, 7) is 4.75. The highest BCUT2D eigenvalue weighted by atomic mass is 32.1. The molecule has 3 saturated heterocycles. The molecule has 4 heterocycles.